The molecule has 0 N–H and O–H groups in total. The van der Waals surface area contributed by atoms with E-state index in [0.717, 1.165) is 75.8 Å². The van der Waals surface area contributed by atoms with E-state index in [-0.39, 0.29) is 0 Å². The smallest absolute Gasteiger partial charge is 0.227 e. The maximum absolute atomic E-state index is 6.09. The molecule has 0 amide bonds. The molecule has 7 heteroatoms. The predicted octanol–water partition coefficient (Wildman–Crippen LogP) is 2.29. The Kier molecular flexibility index (Phi) is 5.53. The Bertz CT molecular complexity index is 729. The first-order valence-corrected chi connectivity index (χ1v) is 9.53. The highest BCUT2D eigenvalue weighted by molar-refractivity contribution is 6.30. The van der Waals surface area contributed by atoms with Crippen LogP contribution >= 0.6 is 11.6 Å². The zero-order valence-corrected chi connectivity index (χ0v) is 15.6. The van der Waals surface area contributed by atoms with Crippen LogP contribution in [0.15, 0.2) is 36.5 Å². The minimum Gasteiger partial charge on any atom is -0.378 e. The van der Waals surface area contributed by atoms with Gasteiger partial charge in [-0.2, -0.15) is 4.98 Å². The lowest BCUT2D eigenvalue weighted by molar-refractivity contribution is 0.122. The number of piperazine rings is 1. The van der Waals surface area contributed by atoms with Gasteiger partial charge in [0.05, 0.1) is 13.2 Å². The molecule has 0 spiro atoms. The van der Waals surface area contributed by atoms with E-state index in [2.05, 4.69) is 25.8 Å². The summed E-state index contributed by atoms with van der Waals surface area (Å²) in [5.74, 6) is 1.83. The first kappa shape index (κ1) is 17.5. The van der Waals surface area contributed by atoms with E-state index in [1.165, 1.54) is 5.56 Å². The molecule has 0 aliphatic carbocycles. The first-order chi connectivity index (χ1) is 12.8. The van der Waals surface area contributed by atoms with Crippen molar-refractivity contribution < 1.29 is 4.74 Å². The number of nitrogens with zero attached hydrogens (tertiary/aromatic N) is 5. The molecule has 0 radical (unpaired) electrons. The molecule has 2 saturated heterocycles. The molecule has 1 aromatic carbocycles. The molecule has 0 atom stereocenters. The second-order valence-corrected chi connectivity index (χ2v) is 7.14. The zero-order chi connectivity index (χ0) is 17.8. The number of anilines is 2. The lowest BCUT2D eigenvalue weighted by Gasteiger charge is -2.36. The van der Waals surface area contributed by atoms with Crippen LogP contribution in [-0.2, 0) is 11.3 Å². The van der Waals surface area contributed by atoms with E-state index in [0.29, 0.717) is 0 Å². The topological polar surface area (TPSA) is 44.7 Å². The molecule has 1 aromatic heterocycles. The molecular formula is C19H24ClN5O. The van der Waals surface area contributed by atoms with Gasteiger partial charge in [-0.1, -0.05) is 23.7 Å². The fraction of sp³-hybridized carbons (Fsp3) is 0.474. The first-order valence-electron chi connectivity index (χ1n) is 9.15. The number of rotatable bonds is 4. The highest BCUT2D eigenvalue weighted by Gasteiger charge is 2.20. The molecule has 2 aliphatic heterocycles. The lowest BCUT2D eigenvalue weighted by Crippen LogP contribution is -2.46. The fourth-order valence-electron chi connectivity index (χ4n) is 3.46. The Hall–Kier alpha value is -1.89. The van der Waals surface area contributed by atoms with E-state index in [4.69, 9.17) is 21.3 Å². The summed E-state index contributed by atoms with van der Waals surface area (Å²) in [6.45, 7) is 8.13. The van der Waals surface area contributed by atoms with Crippen molar-refractivity contribution in [3.8, 4) is 0 Å². The van der Waals surface area contributed by atoms with E-state index in [9.17, 15) is 0 Å². The number of benzene rings is 1. The summed E-state index contributed by atoms with van der Waals surface area (Å²) >= 11 is 6.09. The van der Waals surface area contributed by atoms with E-state index in [1.54, 1.807) is 0 Å². The van der Waals surface area contributed by atoms with E-state index in [1.807, 2.05) is 30.5 Å². The SMILES string of the molecule is Clc1cccc(CN2CCN(c3ccnc(N4CCOCC4)n3)CC2)c1. The highest BCUT2D eigenvalue weighted by Crippen LogP contribution is 2.19. The van der Waals surface area contributed by atoms with Gasteiger partial charge < -0.3 is 14.5 Å². The van der Waals surface area contributed by atoms with Gasteiger partial charge in [0.15, 0.2) is 0 Å². The van der Waals surface area contributed by atoms with Crippen LogP contribution in [0.3, 0.4) is 0 Å². The van der Waals surface area contributed by atoms with Crippen molar-refractivity contribution in [2.45, 2.75) is 6.54 Å². The van der Waals surface area contributed by atoms with Gasteiger partial charge in [-0.15, -0.1) is 0 Å². The average Bonchev–Trinajstić information content (AvgIpc) is 2.69. The summed E-state index contributed by atoms with van der Waals surface area (Å²) < 4.78 is 5.41. The molecule has 26 heavy (non-hydrogen) atoms. The van der Waals surface area contributed by atoms with Crippen LogP contribution in [0.5, 0.6) is 0 Å². The molecular weight excluding hydrogens is 350 g/mol. The van der Waals surface area contributed by atoms with Crippen molar-refractivity contribution in [3.05, 3.63) is 47.1 Å². The second kappa shape index (κ2) is 8.20. The van der Waals surface area contributed by atoms with Gasteiger partial charge in [-0.25, -0.2) is 4.98 Å². The van der Waals surface area contributed by atoms with Crippen molar-refractivity contribution in [1.82, 2.24) is 14.9 Å². The summed E-state index contributed by atoms with van der Waals surface area (Å²) in [4.78, 5) is 16.2. The highest BCUT2D eigenvalue weighted by atomic mass is 35.5. The fourth-order valence-corrected chi connectivity index (χ4v) is 3.67. The van der Waals surface area contributed by atoms with Crippen molar-refractivity contribution in [1.29, 1.82) is 0 Å². The monoisotopic (exact) mass is 373 g/mol. The molecule has 4 rings (SSSR count). The number of halogens is 1. The van der Waals surface area contributed by atoms with Gasteiger partial charge in [0.1, 0.15) is 5.82 Å². The van der Waals surface area contributed by atoms with Gasteiger partial charge >= 0.3 is 0 Å². The number of morpholine rings is 1. The minimum absolute atomic E-state index is 0.746. The number of hydrogen-bond acceptors (Lipinski definition) is 6. The quantitative estimate of drug-likeness (QED) is 0.819. The van der Waals surface area contributed by atoms with Crippen LogP contribution in [0.25, 0.3) is 0 Å². The summed E-state index contributed by atoms with van der Waals surface area (Å²) in [5.41, 5.74) is 1.27. The minimum atomic E-state index is 0.746. The molecule has 0 saturated carbocycles. The Morgan fingerprint density at radius 3 is 2.54 bits per heavy atom. The largest absolute Gasteiger partial charge is 0.378 e. The van der Waals surface area contributed by atoms with Crippen LogP contribution in [0.2, 0.25) is 5.02 Å². The van der Waals surface area contributed by atoms with Crippen LogP contribution in [0.1, 0.15) is 5.56 Å². The number of hydrogen-bond donors (Lipinski definition) is 0. The Morgan fingerprint density at radius 2 is 1.77 bits per heavy atom. The third-order valence-electron chi connectivity index (χ3n) is 4.91. The van der Waals surface area contributed by atoms with Crippen LogP contribution in [-0.4, -0.2) is 67.4 Å². The Labute approximate surface area is 159 Å². The summed E-state index contributed by atoms with van der Waals surface area (Å²) in [7, 11) is 0. The van der Waals surface area contributed by atoms with Crippen LogP contribution in [0, 0.1) is 0 Å². The van der Waals surface area contributed by atoms with E-state index < -0.39 is 0 Å². The van der Waals surface area contributed by atoms with Gasteiger partial charge in [0.25, 0.3) is 0 Å². The molecule has 6 nitrogen and oxygen atoms in total. The van der Waals surface area contributed by atoms with Crippen LogP contribution in [0.4, 0.5) is 11.8 Å². The summed E-state index contributed by atoms with van der Waals surface area (Å²) in [6, 6.07) is 10.1. The second-order valence-electron chi connectivity index (χ2n) is 6.71. The van der Waals surface area contributed by atoms with Crippen molar-refractivity contribution in [2.75, 3.05) is 62.3 Å². The Balaban J connectivity index is 1.35. The standard InChI is InChI=1S/C19H24ClN5O/c20-17-3-1-2-16(14-17)15-23-6-8-24(9-7-23)18-4-5-21-19(22-18)25-10-12-26-13-11-25/h1-5,14H,6-13,15H2. The normalized spacial score (nSPS) is 19.0. The lowest BCUT2D eigenvalue weighted by atomic mass is 10.2. The third-order valence-corrected chi connectivity index (χ3v) is 5.15. The molecule has 2 aromatic rings. The summed E-state index contributed by atoms with van der Waals surface area (Å²) in [5, 5.41) is 0.803. The molecule has 0 bridgehead atoms. The predicted molar refractivity (Wildman–Crippen MR) is 104 cm³/mol. The van der Waals surface area contributed by atoms with Crippen molar-refractivity contribution in [3.63, 3.8) is 0 Å². The maximum Gasteiger partial charge on any atom is 0.227 e. The zero-order valence-electron chi connectivity index (χ0n) is 14.9. The molecule has 0 unspecified atom stereocenters. The van der Waals surface area contributed by atoms with Gasteiger partial charge in [-0.3, -0.25) is 4.90 Å². The molecule has 2 aliphatic rings. The number of aromatic nitrogens is 2. The maximum atomic E-state index is 6.09. The van der Waals surface area contributed by atoms with E-state index >= 15 is 0 Å². The Morgan fingerprint density at radius 1 is 0.962 bits per heavy atom. The van der Waals surface area contributed by atoms with Crippen LogP contribution < -0.4 is 9.80 Å². The average molecular weight is 374 g/mol. The van der Waals surface area contributed by atoms with Gasteiger partial charge in [-0.05, 0) is 23.8 Å². The molecule has 3 heterocycles. The van der Waals surface area contributed by atoms with Gasteiger partial charge in [0, 0.05) is 57.0 Å². The number of ether oxygens (including phenoxy) is 1. The van der Waals surface area contributed by atoms with Crippen molar-refractivity contribution >= 4 is 23.4 Å². The van der Waals surface area contributed by atoms with Gasteiger partial charge in [0.2, 0.25) is 5.95 Å². The molecule has 2 fully saturated rings. The summed E-state index contributed by atoms with van der Waals surface area (Å²) in [6.07, 6.45) is 1.87. The molecule has 138 valence electrons. The third kappa shape index (κ3) is 4.26. The van der Waals surface area contributed by atoms with Crippen molar-refractivity contribution in [2.24, 2.45) is 0 Å².